The fourth-order valence-corrected chi connectivity index (χ4v) is 2.84. The molecule has 2 N–H and O–H groups in total. The van der Waals surface area contributed by atoms with E-state index in [1.54, 1.807) is 14.0 Å². The summed E-state index contributed by atoms with van der Waals surface area (Å²) in [6.07, 6.45) is 1.06. The van der Waals surface area contributed by atoms with Crippen LogP contribution in [0.5, 0.6) is 5.75 Å². The van der Waals surface area contributed by atoms with Gasteiger partial charge in [0.05, 0.1) is 19.8 Å². The zero-order valence-electron chi connectivity index (χ0n) is 16.1. The summed E-state index contributed by atoms with van der Waals surface area (Å²) >= 11 is 0. The summed E-state index contributed by atoms with van der Waals surface area (Å²) in [5.74, 6) is 3.16. The SMILES string of the molecule is CN=C(NCc1nc(C)no1)NCc1ccc(C)cc1OCC1CCOC1. The van der Waals surface area contributed by atoms with Gasteiger partial charge < -0.3 is 24.6 Å². The molecule has 1 aliphatic heterocycles. The molecule has 27 heavy (non-hydrogen) atoms. The third-order valence-corrected chi connectivity index (χ3v) is 4.37. The van der Waals surface area contributed by atoms with Crippen molar-refractivity contribution in [1.82, 2.24) is 20.8 Å². The van der Waals surface area contributed by atoms with Gasteiger partial charge in [0, 0.05) is 31.7 Å². The third kappa shape index (κ3) is 5.68. The van der Waals surface area contributed by atoms with Gasteiger partial charge in [-0.25, -0.2) is 0 Å². The molecule has 1 atom stereocenters. The first-order valence-corrected chi connectivity index (χ1v) is 9.18. The molecule has 1 aromatic carbocycles. The lowest BCUT2D eigenvalue weighted by atomic mass is 10.1. The van der Waals surface area contributed by atoms with E-state index in [4.69, 9.17) is 14.0 Å². The predicted molar refractivity (Wildman–Crippen MR) is 102 cm³/mol. The van der Waals surface area contributed by atoms with Crippen LogP contribution < -0.4 is 15.4 Å². The summed E-state index contributed by atoms with van der Waals surface area (Å²) in [5.41, 5.74) is 2.25. The highest BCUT2D eigenvalue weighted by Gasteiger charge is 2.17. The molecule has 146 valence electrons. The van der Waals surface area contributed by atoms with Gasteiger partial charge in [0.1, 0.15) is 5.75 Å². The number of ether oxygens (including phenoxy) is 2. The zero-order chi connectivity index (χ0) is 19.1. The fraction of sp³-hybridized carbons (Fsp3) is 0.526. The Balaban J connectivity index is 1.55. The molecule has 0 aliphatic carbocycles. The minimum Gasteiger partial charge on any atom is -0.493 e. The van der Waals surface area contributed by atoms with E-state index in [0.29, 0.717) is 43.3 Å². The van der Waals surface area contributed by atoms with Crippen LogP contribution in [0.3, 0.4) is 0 Å². The number of nitrogens with one attached hydrogen (secondary N) is 2. The first kappa shape index (κ1) is 19.2. The van der Waals surface area contributed by atoms with Gasteiger partial charge >= 0.3 is 0 Å². The molecule has 1 fully saturated rings. The molecule has 0 spiro atoms. The van der Waals surface area contributed by atoms with Crippen molar-refractivity contribution in [3.63, 3.8) is 0 Å². The van der Waals surface area contributed by atoms with E-state index in [2.05, 4.69) is 50.9 Å². The molecule has 8 nitrogen and oxygen atoms in total. The summed E-state index contributed by atoms with van der Waals surface area (Å²) in [6.45, 7) is 7.16. The number of aliphatic imine (C=N–C) groups is 1. The van der Waals surface area contributed by atoms with Crippen LogP contribution in [0.25, 0.3) is 0 Å². The molecule has 1 unspecified atom stereocenters. The Kier molecular flexibility index (Phi) is 6.64. The van der Waals surface area contributed by atoms with Crippen molar-refractivity contribution < 1.29 is 14.0 Å². The number of hydrogen-bond acceptors (Lipinski definition) is 6. The van der Waals surface area contributed by atoms with Gasteiger partial charge in [0.15, 0.2) is 11.8 Å². The molecule has 1 aromatic heterocycles. The normalized spacial score (nSPS) is 17.1. The minimum atomic E-state index is 0.416. The van der Waals surface area contributed by atoms with Crippen molar-refractivity contribution in [3.8, 4) is 5.75 Å². The molecule has 3 rings (SSSR count). The quantitative estimate of drug-likeness (QED) is 0.566. The van der Waals surface area contributed by atoms with E-state index >= 15 is 0 Å². The summed E-state index contributed by atoms with van der Waals surface area (Å²) in [7, 11) is 1.72. The van der Waals surface area contributed by atoms with Gasteiger partial charge in [-0.2, -0.15) is 4.98 Å². The number of aromatic nitrogens is 2. The topological polar surface area (TPSA) is 93.8 Å². The van der Waals surface area contributed by atoms with Gasteiger partial charge in [0.2, 0.25) is 5.89 Å². The number of benzene rings is 1. The van der Waals surface area contributed by atoms with Crippen LogP contribution in [0, 0.1) is 19.8 Å². The molecular formula is C19H27N5O3. The molecule has 1 saturated heterocycles. The van der Waals surface area contributed by atoms with Crippen LogP contribution in [0.1, 0.15) is 29.3 Å². The number of rotatable bonds is 7. The highest BCUT2D eigenvalue weighted by molar-refractivity contribution is 5.79. The van der Waals surface area contributed by atoms with E-state index in [1.807, 2.05) is 0 Å². The Hall–Kier alpha value is -2.61. The zero-order valence-corrected chi connectivity index (χ0v) is 16.1. The largest absolute Gasteiger partial charge is 0.493 e. The number of aryl methyl sites for hydroxylation is 2. The highest BCUT2D eigenvalue weighted by Crippen LogP contribution is 2.22. The lowest BCUT2D eigenvalue weighted by Gasteiger charge is -2.16. The standard InChI is InChI=1S/C19H27N5O3/c1-13-4-5-16(17(8-13)26-12-15-6-7-25-11-15)9-21-19(20-3)22-10-18-23-14(2)24-27-18/h4-5,8,15H,6-7,9-12H2,1-3H3,(H2,20,21,22). The first-order chi connectivity index (χ1) is 13.1. The molecule has 2 aromatic rings. The van der Waals surface area contributed by atoms with Crippen LogP contribution in [-0.2, 0) is 17.8 Å². The van der Waals surface area contributed by atoms with E-state index in [0.717, 1.165) is 30.9 Å². The van der Waals surface area contributed by atoms with E-state index in [-0.39, 0.29) is 0 Å². The van der Waals surface area contributed by atoms with Crippen molar-refractivity contribution in [2.45, 2.75) is 33.4 Å². The maximum Gasteiger partial charge on any atom is 0.246 e. The maximum atomic E-state index is 6.09. The molecule has 0 radical (unpaired) electrons. The second-order valence-corrected chi connectivity index (χ2v) is 6.67. The van der Waals surface area contributed by atoms with Crippen molar-refractivity contribution >= 4 is 5.96 Å². The second kappa shape index (κ2) is 9.36. The Labute approximate surface area is 159 Å². The van der Waals surface area contributed by atoms with Crippen molar-refractivity contribution in [2.24, 2.45) is 10.9 Å². The molecular weight excluding hydrogens is 346 g/mol. The van der Waals surface area contributed by atoms with E-state index in [1.165, 1.54) is 5.56 Å². The smallest absolute Gasteiger partial charge is 0.246 e. The highest BCUT2D eigenvalue weighted by atomic mass is 16.5. The van der Waals surface area contributed by atoms with Gasteiger partial charge in [-0.15, -0.1) is 0 Å². The minimum absolute atomic E-state index is 0.416. The van der Waals surface area contributed by atoms with E-state index < -0.39 is 0 Å². The van der Waals surface area contributed by atoms with Crippen molar-refractivity contribution in [3.05, 3.63) is 41.0 Å². The van der Waals surface area contributed by atoms with Gasteiger partial charge in [-0.05, 0) is 31.9 Å². The molecule has 0 saturated carbocycles. The average Bonchev–Trinajstić information content (AvgIpc) is 3.33. The van der Waals surface area contributed by atoms with Crippen LogP contribution in [0.4, 0.5) is 0 Å². The van der Waals surface area contributed by atoms with Crippen LogP contribution in [-0.4, -0.2) is 43.0 Å². The molecule has 8 heteroatoms. The summed E-state index contributed by atoms with van der Waals surface area (Å²) < 4.78 is 16.6. The predicted octanol–water partition coefficient (Wildman–Crippen LogP) is 1.97. The van der Waals surface area contributed by atoms with Gasteiger partial charge in [-0.3, -0.25) is 4.99 Å². The van der Waals surface area contributed by atoms with Crippen molar-refractivity contribution in [1.29, 1.82) is 0 Å². The monoisotopic (exact) mass is 373 g/mol. The summed E-state index contributed by atoms with van der Waals surface area (Å²) in [4.78, 5) is 8.40. The Morgan fingerprint density at radius 1 is 1.30 bits per heavy atom. The lowest BCUT2D eigenvalue weighted by Crippen LogP contribution is -2.36. The number of nitrogens with zero attached hydrogens (tertiary/aromatic N) is 3. The Bertz CT molecular complexity index is 768. The average molecular weight is 373 g/mol. The van der Waals surface area contributed by atoms with Gasteiger partial charge in [0.25, 0.3) is 0 Å². The number of guanidine groups is 1. The van der Waals surface area contributed by atoms with Gasteiger partial charge in [-0.1, -0.05) is 17.3 Å². The molecule has 2 heterocycles. The van der Waals surface area contributed by atoms with Crippen LogP contribution in [0.2, 0.25) is 0 Å². The third-order valence-electron chi connectivity index (χ3n) is 4.37. The second-order valence-electron chi connectivity index (χ2n) is 6.67. The van der Waals surface area contributed by atoms with Crippen LogP contribution in [0.15, 0.2) is 27.7 Å². The fourth-order valence-electron chi connectivity index (χ4n) is 2.84. The summed E-state index contributed by atoms with van der Waals surface area (Å²) in [5, 5.41) is 10.2. The van der Waals surface area contributed by atoms with E-state index in [9.17, 15) is 0 Å². The molecule has 1 aliphatic rings. The van der Waals surface area contributed by atoms with Crippen LogP contribution >= 0.6 is 0 Å². The molecule has 0 amide bonds. The molecule has 0 bridgehead atoms. The Morgan fingerprint density at radius 2 is 2.15 bits per heavy atom. The number of hydrogen-bond donors (Lipinski definition) is 2. The summed E-state index contributed by atoms with van der Waals surface area (Å²) in [6, 6.07) is 6.24. The maximum absolute atomic E-state index is 6.09. The van der Waals surface area contributed by atoms with Crippen molar-refractivity contribution in [2.75, 3.05) is 26.9 Å². The lowest BCUT2D eigenvalue weighted by molar-refractivity contribution is 0.166. The Morgan fingerprint density at radius 3 is 2.85 bits per heavy atom. The first-order valence-electron chi connectivity index (χ1n) is 9.18.